The second-order valence-corrected chi connectivity index (χ2v) is 4.07. The first-order valence-electron chi connectivity index (χ1n) is 5.17. The second-order valence-electron chi connectivity index (χ2n) is 4.07. The highest BCUT2D eigenvalue weighted by molar-refractivity contribution is 5.78. The molecule has 1 aliphatic carbocycles. The van der Waals surface area contributed by atoms with Crippen LogP contribution in [0, 0.1) is 6.92 Å². The standard InChI is InChI=1S/C14H12O/c1-9-13-8-10-4-2-3-5-11(10)12(13)6-7-14(9)15/h2-7,15H,8H2,1H3. The number of phenols is 1. The molecule has 1 N–H and O–H groups in total. The number of phenolic OH excluding ortho intramolecular Hbond substituents is 1. The molecule has 0 aliphatic heterocycles. The molecule has 74 valence electrons. The lowest BCUT2D eigenvalue weighted by Gasteiger charge is -2.05. The summed E-state index contributed by atoms with van der Waals surface area (Å²) < 4.78 is 0. The van der Waals surface area contributed by atoms with Gasteiger partial charge in [-0.25, -0.2) is 0 Å². The Morgan fingerprint density at radius 1 is 1.00 bits per heavy atom. The van der Waals surface area contributed by atoms with E-state index in [-0.39, 0.29) is 0 Å². The van der Waals surface area contributed by atoms with E-state index in [1.54, 1.807) is 6.07 Å². The first kappa shape index (κ1) is 8.54. The van der Waals surface area contributed by atoms with Crippen molar-refractivity contribution in [3.8, 4) is 16.9 Å². The summed E-state index contributed by atoms with van der Waals surface area (Å²) in [6.45, 7) is 1.99. The highest BCUT2D eigenvalue weighted by Crippen LogP contribution is 2.40. The van der Waals surface area contributed by atoms with Gasteiger partial charge in [0, 0.05) is 0 Å². The summed E-state index contributed by atoms with van der Waals surface area (Å²) in [5.41, 5.74) is 6.25. The lowest BCUT2D eigenvalue weighted by atomic mass is 10.0. The molecule has 3 rings (SSSR count). The Morgan fingerprint density at radius 2 is 1.80 bits per heavy atom. The van der Waals surface area contributed by atoms with Crippen LogP contribution >= 0.6 is 0 Å². The third kappa shape index (κ3) is 1.09. The fourth-order valence-electron chi connectivity index (χ4n) is 2.35. The van der Waals surface area contributed by atoms with Crippen LogP contribution < -0.4 is 0 Å². The number of hydrogen-bond donors (Lipinski definition) is 1. The van der Waals surface area contributed by atoms with Gasteiger partial charge in [0.1, 0.15) is 5.75 Å². The number of hydrogen-bond acceptors (Lipinski definition) is 1. The summed E-state index contributed by atoms with van der Waals surface area (Å²) in [5.74, 6) is 0.404. The van der Waals surface area contributed by atoms with E-state index in [4.69, 9.17) is 0 Å². The van der Waals surface area contributed by atoms with Crippen LogP contribution in [-0.4, -0.2) is 5.11 Å². The Bertz CT molecular complexity index is 541. The Morgan fingerprint density at radius 3 is 2.67 bits per heavy atom. The molecule has 0 saturated carbocycles. The normalized spacial score (nSPS) is 12.3. The second kappa shape index (κ2) is 2.86. The summed E-state index contributed by atoms with van der Waals surface area (Å²) >= 11 is 0. The summed E-state index contributed by atoms with van der Waals surface area (Å²) in [6, 6.07) is 12.2. The van der Waals surface area contributed by atoms with Crippen molar-refractivity contribution in [1.82, 2.24) is 0 Å². The van der Waals surface area contributed by atoms with Crippen LogP contribution in [-0.2, 0) is 6.42 Å². The van der Waals surface area contributed by atoms with Crippen molar-refractivity contribution in [1.29, 1.82) is 0 Å². The smallest absolute Gasteiger partial charge is 0.118 e. The van der Waals surface area contributed by atoms with Gasteiger partial charge >= 0.3 is 0 Å². The molecule has 2 aromatic rings. The molecule has 0 amide bonds. The van der Waals surface area contributed by atoms with Crippen LogP contribution in [0.4, 0.5) is 0 Å². The number of benzene rings is 2. The van der Waals surface area contributed by atoms with Crippen molar-refractivity contribution < 1.29 is 5.11 Å². The molecule has 0 saturated heterocycles. The van der Waals surface area contributed by atoms with E-state index in [2.05, 4.69) is 24.3 Å². The van der Waals surface area contributed by atoms with Crippen molar-refractivity contribution in [2.75, 3.05) is 0 Å². The van der Waals surface area contributed by atoms with E-state index in [0.29, 0.717) is 5.75 Å². The topological polar surface area (TPSA) is 20.2 Å². The van der Waals surface area contributed by atoms with Gasteiger partial charge in [0.15, 0.2) is 0 Å². The zero-order valence-electron chi connectivity index (χ0n) is 8.62. The minimum absolute atomic E-state index is 0.404. The fourth-order valence-corrected chi connectivity index (χ4v) is 2.35. The van der Waals surface area contributed by atoms with Gasteiger partial charge in [-0.15, -0.1) is 0 Å². The van der Waals surface area contributed by atoms with E-state index in [1.165, 1.54) is 22.3 Å². The predicted molar refractivity (Wildman–Crippen MR) is 61.1 cm³/mol. The van der Waals surface area contributed by atoms with Crippen molar-refractivity contribution in [2.45, 2.75) is 13.3 Å². The molecule has 0 atom stereocenters. The Balaban J connectivity index is 2.31. The fraction of sp³-hybridized carbons (Fsp3) is 0.143. The van der Waals surface area contributed by atoms with E-state index in [1.807, 2.05) is 13.0 Å². The first-order chi connectivity index (χ1) is 7.27. The third-order valence-electron chi connectivity index (χ3n) is 3.24. The van der Waals surface area contributed by atoms with Crippen LogP contribution in [0.3, 0.4) is 0 Å². The molecule has 1 aliphatic rings. The Labute approximate surface area is 89.0 Å². The largest absolute Gasteiger partial charge is 0.508 e. The van der Waals surface area contributed by atoms with Gasteiger partial charge in [-0.2, -0.15) is 0 Å². The van der Waals surface area contributed by atoms with E-state index < -0.39 is 0 Å². The molecular formula is C14H12O. The van der Waals surface area contributed by atoms with Crippen molar-refractivity contribution in [2.24, 2.45) is 0 Å². The van der Waals surface area contributed by atoms with Gasteiger partial charge in [-0.3, -0.25) is 0 Å². The Hall–Kier alpha value is -1.76. The van der Waals surface area contributed by atoms with Crippen LogP contribution in [0.15, 0.2) is 36.4 Å². The molecule has 15 heavy (non-hydrogen) atoms. The minimum Gasteiger partial charge on any atom is -0.508 e. The molecule has 0 fully saturated rings. The summed E-state index contributed by atoms with van der Waals surface area (Å²) in [4.78, 5) is 0. The van der Waals surface area contributed by atoms with Crippen LogP contribution in [0.2, 0.25) is 0 Å². The average molecular weight is 196 g/mol. The molecule has 0 aromatic heterocycles. The maximum absolute atomic E-state index is 9.66. The molecule has 1 heteroatoms. The van der Waals surface area contributed by atoms with Crippen molar-refractivity contribution in [3.63, 3.8) is 0 Å². The quantitative estimate of drug-likeness (QED) is 0.585. The minimum atomic E-state index is 0.404. The van der Waals surface area contributed by atoms with Gasteiger partial charge < -0.3 is 5.11 Å². The van der Waals surface area contributed by atoms with E-state index in [9.17, 15) is 5.11 Å². The lowest BCUT2D eigenvalue weighted by molar-refractivity contribution is 0.470. The molecular weight excluding hydrogens is 184 g/mol. The van der Waals surface area contributed by atoms with Crippen LogP contribution in [0.25, 0.3) is 11.1 Å². The van der Waals surface area contributed by atoms with Crippen molar-refractivity contribution >= 4 is 0 Å². The van der Waals surface area contributed by atoms with Crippen LogP contribution in [0.5, 0.6) is 5.75 Å². The summed E-state index contributed by atoms with van der Waals surface area (Å²) in [7, 11) is 0. The maximum Gasteiger partial charge on any atom is 0.118 e. The lowest BCUT2D eigenvalue weighted by Crippen LogP contribution is -1.86. The van der Waals surface area contributed by atoms with Gasteiger partial charge in [0.05, 0.1) is 0 Å². The summed E-state index contributed by atoms with van der Waals surface area (Å²) in [6.07, 6.45) is 0.950. The molecule has 0 spiro atoms. The van der Waals surface area contributed by atoms with E-state index in [0.717, 1.165) is 12.0 Å². The van der Waals surface area contributed by atoms with Crippen LogP contribution in [0.1, 0.15) is 16.7 Å². The van der Waals surface area contributed by atoms with Gasteiger partial charge in [0.2, 0.25) is 0 Å². The molecule has 0 radical (unpaired) electrons. The molecule has 2 aromatic carbocycles. The SMILES string of the molecule is Cc1c(O)ccc2c1Cc1ccccc1-2. The van der Waals surface area contributed by atoms with Crippen molar-refractivity contribution in [3.05, 3.63) is 53.1 Å². The summed E-state index contributed by atoms with van der Waals surface area (Å²) in [5, 5.41) is 9.66. The third-order valence-corrected chi connectivity index (χ3v) is 3.24. The molecule has 1 nitrogen and oxygen atoms in total. The monoisotopic (exact) mass is 196 g/mol. The average Bonchev–Trinajstić information content (AvgIpc) is 2.63. The predicted octanol–water partition coefficient (Wildman–Crippen LogP) is 3.27. The van der Waals surface area contributed by atoms with Gasteiger partial charge in [0.25, 0.3) is 0 Å². The number of rotatable bonds is 0. The maximum atomic E-state index is 9.66. The molecule has 0 bridgehead atoms. The highest BCUT2D eigenvalue weighted by atomic mass is 16.3. The zero-order valence-corrected chi connectivity index (χ0v) is 8.62. The number of aromatic hydroxyl groups is 1. The Kier molecular flexibility index (Phi) is 1.63. The zero-order chi connectivity index (χ0) is 10.4. The number of fused-ring (bicyclic) bond motifs is 3. The first-order valence-corrected chi connectivity index (χ1v) is 5.17. The van der Waals surface area contributed by atoms with Gasteiger partial charge in [-0.1, -0.05) is 30.3 Å². The molecule has 0 heterocycles. The molecule has 0 unspecified atom stereocenters. The highest BCUT2D eigenvalue weighted by Gasteiger charge is 2.20. The van der Waals surface area contributed by atoms with Gasteiger partial charge in [-0.05, 0) is 47.2 Å². The van der Waals surface area contributed by atoms with E-state index >= 15 is 0 Å².